The molecule has 0 radical (unpaired) electrons. The van der Waals surface area contributed by atoms with Crippen LogP contribution >= 0.6 is 0 Å². The van der Waals surface area contributed by atoms with Crippen LogP contribution in [-0.4, -0.2) is 97.6 Å². The number of aliphatic hydroxyl groups is 2. The summed E-state index contributed by atoms with van der Waals surface area (Å²) in [5.41, 5.74) is 7.46. The highest BCUT2D eigenvalue weighted by Crippen LogP contribution is 2.37. The smallest absolute Gasteiger partial charge is 0.408 e. The molecule has 4 rings (SSSR count). The number of amides is 3. The Kier molecular flexibility index (Phi) is 18.3. The van der Waals surface area contributed by atoms with E-state index >= 15 is 4.39 Å². The lowest BCUT2D eigenvalue weighted by Crippen LogP contribution is -2.60. The van der Waals surface area contributed by atoms with Gasteiger partial charge in [-0.2, -0.15) is 0 Å². The molecule has 17 heteroatoms. The number of carbonyl (C=O) groups excluding carboxylic acids is 3. The molecule has 4 aromatic rings. The number of nitrogens with one attached hydrogen (secondary N) is 2. The number of nitrogens with zero attached hydrogens (tertiary/aromatic N) is 2. The van der Waals surface area contributed by atoms with E-state index in [0.29, 0.717) is 28.3 Å². The summed E-state index contributed by atoms with van der Waals surface area (Å²) in [5, 5.41) is 41.5. The Balaban J connectivity index is 0.00000229. The molecular weight excluding hydrogens is 784 g/mol. The second-order valence-electron chi connectivity index (χ2n) is 14.9. The van der Waals surface area contributed by atoms with Crippen molar-refractivity contribution in [1.29, 1.82) is 0 Å². The summed E-state index contributed by atoms with van der Waals surface area (Å²) in [7, 11) is 0. The number of rotatable bonds is 19. The molecule has 8 N–H and O–H groups in total. The standard InChI is InChI=1S/C41H47F2N5O8.C2H6O2/c1-25(46-40(55)56-24-27-13-9-6-10-14-27)37(50)48(34(39(53)54)21-35(44)49)32(38(51)52)17-18-45-36(41(2,3)4)33-19-28(30-20-29(42)15-16-31(30)43)23-47(33)22-26-11-7-5-8-12-26;3-1-2-4/h5-16,19-20,23,25,32,34,36,45H,17-18,21-22,24H2,1-4H3,(H2,44,49)(H,46,55)(H,51,52)(H,53,54);3-4H,1-2H2/t25-,32-,34-,36-;/m0./s1. The van der Waals surface area contributed by atoms with Crippen LogP contribution in [0.3, 0.4) is 0 Å². The van der Waals surface area contributed by atoms with Gasteiger partial charge in [0.25, 0.3) is 0 Å². The van der Waals surface area contributed by atoms with Crippen molar-refractivity contribution in [2.24, 2.45) is 11.1 Å². The summed E-state index contributed by atoms with van der Waals surface area (Å²) in [6.45, 7) is 6.87. The van der Waals surface area contributed by atoms with Crippen LogP contribution in [0.4, 0.5) is 13.6 Å². The van der Waals surface area contributed by atoms with E-state index < -0.39 is 77.5 Å². The maximum absolute atomic E-state index is 15.0. The van der Waals surface area contributed by atoms with Gasteiger partial charge in [-0.1, -0.05) is 81.4 Å². The van der Waals surface area contributed by atoms with E-state index in [2.05, 4.69) is 10.6 Å². The van der Waals surface area contributed by atoms with Gasteiger partial charge < -0.3 is 51.0 Å². The molecule has 3 amide bonds. The van der Waals surface area contributed by atoms with Crippen molar-refractivity contribution in [3.63, 3.8) is 0 Å². The molecule has 0 aliphatic heterocycles. The van der Waals surface area contributed by atoms with Gasteiger partial charge in [0.2, 0.25) is 11.8 Å². The van der Waals surface area contributed by atoms with Crippen molar-refractivity contribution in [3.05, 3.63) is 120 Å². The molecule has 0 bridgehead atoms. The molecule has 3 aromatic carbocycles. The first-order chi connectivity index (χ1) is 28.4. The number of carboxylic acid groups (broad SMARTS) is 2. The molecule has 1 aromatic heterocycles. The number of alkyl carbamates (subject to hydrolysis) is 1. The number of aliphatic carboxylic acids is 2. The van der Waals surface area contributed by atoms with Gasteiger partial charge in [0.15, 0.2) is 0 Å². The van der Waals surface area contributed by atoms with Gasteiger partial charge in [-0.15, -0.1) is 0 Å². The van der Waals surface area contributed by atoms with Crippen molar-refractivity contribution in [1.82, 2.24) is 20.1 Å². The highest BCUT2D eigenvalue weighted by molar-refractivity contribution is 5.94. The summed E-state index contributed by atoms with van der Waals surface area (Å²) in [4.78, 5) is 64.4. The minimum atomic E-state index is -1.99. The van der Waals surface area contributed by atoms with Crippen LogP contribution in [0.25, 0.3) is 11.1 Å². The molecule has 60 heavy (non-hydrogen) atoms. The number of primary amides is 1. The van der Waals surface area contributed by atoms with E-state index in [1.54, 1.807) is 42.6 Å². The summed E-state index contributed by atoms with van der Waals surface area (Å²) in [6.07, 6.45) is -0.567. The van der Waals surface area contributed by atoms with E-state index in [0.717, 1.165) is 23.8 Å². The highest BCUT2D eigenvalue weighted by atomic mass is 19.1. The third kappa shape index (κ3) is 14.3. The number of halogens is 2. The Morgan fingerprint density at radius 1 is 0.850 bits per heavy atom. The van der Waals surface area contributed by atoms with Crippen LogP contribution in [-0.2, 0) is 37.1 Å². The van der Waals surface area contributed by atoms with Crippen molar-refractivity contribution in [2.75, 3.05) is 19.8 Å². The van der Waals surface area contributed by atoms with Gasteiger partial charge in [-0.25, -0.2) is 23.2 Å². The number of aromatic nitrogens is 1. The SMILES string of the molecule is C[C@H](NC(=O)OCc1ccccc1)C(=O)N([C@@H](CCN[C@@H](c1cc(-c2cc(F)ccc2F)cn1Cc1ccccc1)C(C)(C)C)C(=O)O)[C@@H](CC(N)=O)C(=O)O.OCCO. The maximum Gasteiger partial charge on any atom is 0.408 e. The van der Waals surface area contributed by atoms with Crippen LogP contribution in [0.1, 0.15) is 63.4 Å². The number of aliphatic hydroxyl groups excluding tert-OH is 2. The molecule has 0 saturated heterocycles. The number of carbonyl (C=O) groups is 5. The van der Waals surface area contributed by atoms with Crippen LogP contribution in [0.2, 0.25) is 0 Å². The van der Waals surface area contributed by atoms with Crippen molar-refractivity contribution in [3.8, 4) is 11.1 Å². The zero-order valence-corrected chi connectivity index (χ0v) is 33.9. The Bertz CT molecular complexity index is 2040. The fourth-order valence-corrected chi connectivity index (χ4v) is 6.40. The molecule has 0 aliphatic rings. The topological polar surface area (TPSA) is 234 Å². The first-order valence-electron chi connectivity index (χ1n) is 19.1. The van der Waals surface area contributed by atoms with Gasteiger partial charge in [-0.3, -0.25) is 9.59 Å². The van der Waals surface area contributed by atoms with E-state index in [1.165, 1.54) is 6.92 Å². The average molecular weight is 838 g/mol. The van der Waals surface area contributed by atoms with E-state index in [-0.39, 0.29) is 38.3 Å². The van der Waals surface area contributed by atoms with Gasteiger partial charge in [0, 0.05) is 29.6 Å². The lowest BCUT2D eigenvalue weighted by atomic mass is 9.84. The van der Waals surface area contributed by atoms with E-state index in [1.807, 2.05) is 55.7 Å². The molecule has 4 atom stereocenters. The van der Waals surface area contributed by atoms with E-state index in [9.17, 15) is 38.6 Å². The molecular formula is C43H53F2N5O10. The van der Waals surface area contributed by atoms with Crippen LogP contribution in [0.15, 0.2) is 91.1 Å². The average Bonchev–Trinajstić information content (AvgIpc) is 3.60. The molecule has 15 nitrogen and oxygen atoms in total. The van der Waals surface area contributed by atoms with Gasteiger partial charge in [0.05, 0.1) is 25.7 Å². The fourth-order valence-electron chi connectivity index (χ4n) is 6.40. The number of hydrogen-bond donors (Lipinski definition) is 7. The zero-order chi connectivity index (χ0) is 44.6. The summed E-state index contributed by atoms with van der Waals surface area (Å²) < 4.78 is 36.4. The molecule has 324 valence electrons. The predicted octanol–water partition coefficient (Wildman–Crippen LogP) is 4.44. The van der Waals surface area contributed by atoms with Crippen LogP contribution in [0.5, 0.6) is 0 Å². The minimum Gasteiger partial charge on any atom is -0.480 e. The Labute approximate surface area is 346 Å². The quantitative estimate of drug-likeness (QED) is 0.0698. The largest absolute Gasteiger partial charge is 0.480 e. The van der Waals surface area contributed by atoms with Gasteiger partial charge in [0.1, 0.15) is 36.4 Å². The first kappa shape index (κ1) is 48.2. The lowest BCUT2D eigenvalue weighted by molar-refractivity contribution is -0.161. The number of hydrogen-bond acceptors (Lipinski definition) is 9. The highest BCUT2D eigenvalue weighted by Gasteiger charge is 2.42. The van der Waals surface area contributed by atoms with Crippen molar-refractivity contribution >= 4 is 29.8 Å². The van der Waals surface area contributed by atoms with Crippen LogP contribution in [0, 0.1) is 17.0 Å². The maximum atomic E-state index is 15.0. The van der Waals surface area contributed by atoms with Crippen molar-refractivity contribution < 1.29 is 57.9 Å². The minimum absolute atomic E-state index is 0.0478. The second-order valence-corrected chi connectivity index (χ2v) is 14.9. The molecule has 0 spiro atoms. The third-order valence-corrected chi connectivity index (χ3v) is 9.20. The molecule has 0 unspecified atom stereocenters. The zero-order valence-electron chi connectivity index (χ0n) is 33.9. The molecule has 0 aliphatic carbocycles. The number of nitrogens with two attached hydrogens (primary N) is 1. The molecule has 1 heterocycles. The Hall–Kier alpha value is -6.17. The normalized spacial score (nSPS) is 13.1. The lowest BCUT2D eigenvalue weighted by Gasteiger charge is -2.37. The number of carboxylic acids is 2. The molecule has 0 saturated carbocycles. The van der Waals surface area contributed by atoms with E-state index in [4.69, 9.17) is 20.7 Å². The second kappa shape index (κ2) is 22.8. The number of benzene rings is 3. The monoisotopic (exact) mass is 837 g/mol. The molecule has 0 fully saturated rings. The Morgan fingerprint density at radius 2 is 1.43 bits per heavy atom. The Morgan fingerprint density at radius 3 is 1.97 bits per heavy atom. The van der Waals surface area contributed by atoms with Crippen LogP contribution < -0.4 is 16.4 Å². The van der Waals surface area contributed by atoms with Gasteiger partial charge >= 0.3 is 18.0 Å². The third-order valence-electron chi connectivity index (χ3n) is 9.20. The number of ether oxygens (including phenoxy) is 1. The first-order valence-corrected chi connectivity index (χ1v) is 19.1. The predicted molar refractivity (Wildman–Crippen MR) is 217 cm³/mol. The fraction of sp³-hybridized carbons (Fsp3) is 0.372. The van der Waals surface area contributed by atoms with Gasteiger partial charge in [-0.05, 0) is 60.7 Å². The summed E-state index contributed by atoms with van der Waals surface area (Å²) in [5.74, 6) is -6.70. The van der Waals surface area contributed by atoms with Crippen molar-refractivity contribution in [2.45, 2.75) is 77.9 Å². The summed E-state index contributed by atoms with van der Waals surface area (Å²) in [6, 6.07) is 17.2. The summed E-state index contributed by atoms with van der Waals surface area (Å²) >= 11 is 0.